The maximum Gasteiger partial charge on any atom is 0.245 e. The highest BCUT2D eigenvalue weighted by Crippen LogP contribution is 2.31. The van der Waals surface area contributed by atoms with Gasteiger partial charge in [-0.2, -0.15) is 9.40 Å². The van der Waals surface area contributed by atoms with Crippen LogP contribution in [0.5, 0.6) is 0 Å². The molecule has 4 rings (SSSR count). The average Bonchev–Trinajstić information content (AvgIpc) is 3.21. The van der Waals surface area contributed by atoms with Gasteiger partial charge >= 0.3 is 0 Å². The zero-order chi connectivity index (χ0) is 16.7. The monoisotopic (exact) mass is 345 g/mol. The largest absolute Gasteiger partial charge is 0.345 e. The minimum atomic E-state index is -3.55. The first kappa shape index (κ1) is 15.3. The zero-order valence-corrected chi connectivity index (χ0v) is 14.2. The summed E-state index contributed by atoms with van der Waals surface area (Å²) in [4.78, 5) is 7.43. The molecule has 1 aliphatic heterocycles. The average molecular weight is 345 g/mol. The Balaban J connectivity index is 1.68. The van der Waals surface area contributed by atoms with Crippen LogP contribution in [0.2, 0.25) is 0 Å². The van der Waals surface area contributed by atoms with Gasteiger partial charge in [0.15, 0.2) is 0 Å². The van der Waals surface area contributed by atoms with Crippen molar-refractivity contribution in [2.75, 3.05) is 13.1 Å². The molecule has 1 fully saturated rings. The van der Waals surface area contributed by atoms with Gasteiger partial charge in [0.1, 0.15) is 10.5 Å². The van der Waals surface area contributed by atoms with Crippen molar-refractivity contribution in [2.24, 2.45) is 7.05 Å². The molecule has 1 N–H and O–H groups in total. The van der Waals surface area contributed by atoms with Crippen LogP contribution in [-0.4, -0.2) is 45.6 Å². The molecule has 126 valence electrons. The first-order chi connectivity index (χ1) is 11.6. The van der Waals surface area contributed by atoms with Gasteiger partial charge in [-0.25, -0.2) is 13.4 Å². The normalized spacial score (nSPS) is 19.8. The molecule has 0 amide bonds. The third-order valence-electron chi connectivity index (χ3n) is 4.69. The number of aromatic amines is 1. The second-order valence-corrected chi connectivity index (χ2v) is 8.04. The standard InChI is InChI=1S/C16H19N5O2S/c1-20-14(6-8-19-20)12-4-3-9-21(11-12)24(22,23)15-10-18-16-13(15)5-2-7-17-16/h2,5-8,10,12H,3-4,9,11H2,1H3,(H,17,18). The van der Waals surface area contributed by atoms with Crippen molar-refractivity contribution in [3.63, 3.8) is 0 Å². The Labute approximate surface area is 140 Å². The molecule has 1 atom stereocenters. The number of nitrogens with zero attached hydrogens (tertiary/aromatic N) is 4. The first-order valence-corrected chi connectivity index (χ1v) is 9.41. The van der Waals surface area contributed by atoms with Gasteiger partial charge in [-0.1, -0.05) is 0 Å². The minimum Gasteiger partial charge on any atom is -0.345 e. The molecule has 1 unspecified atom stereocenters. The van der Waals surface area contributed by atoms with Gasteiger partial charge in [-0.3, -0.25) is 4.68 Å². The zero-order valence-electron chi connectivity index (χ0n) is 13.4. The summed E-state index contributed by atoms with van der Waals surface area (Å²) in [6.07, 6.45) is 6.76. The van der Waals surface area contributed by atoms with E-state index in [0.717, 1.165) is 18.5 Å². The molecule has 0 radical (unpaired) electrons. The van der Waals surface area contributed by atoms with E-state index in [-0.39, 0.29) is 5.92 Å². The number of hydrogen-bond acceptors (Lipinski definition) is 4. The van der Waals surface area contributed by atoms with Crippen LogP contribution in [0.15, 0.2) is 41.7 Å². The summed E-state index contributed by atoms with van der Waals surface area (Å²) < 4.78 is 29.7. The predicted octanol–water partition coefficient (Wildman–Crippen LogP) is 1.86. The second-order valence-electron chi connectivity index (χ2n) is 6.13. The Morgan fingerprint density at radius 1 is 1.29 bits per heavy atom. The Morgan fingerprint density at radius 3 is 2.96 bits per heavy atom. The van der Waals surface area contributed by atoms with E-state index in [4.69, 9.17) is 0 Å². The predicted molar refractivity (Wildman–Crippen MR) is 90.0 cm³/mol. The van der Waals surface area contributed by atoms with Crippen LogP contribution in [0.3, 0.4) is 0 Å². The van der Waals surface area contributed by atoms with E-state index in [1.165, 1.54) is 0 Å². The molecular weight excluding hydrogens is 326 g/mol. The van der Waals surface area contributed by atoms with E-state index in [1.54, 1.807) is 35.0 Å². The quantitative estimate of drug-likeness (QED) is 0.785. The third-order valence-corrected chi connectivity index (χ3v) is 6.60. The molecule has 7 nitrogen and oxygen atoms in total. The molecule has 4 heterocycles. The highest BCUT2D eigenvalue weighted by molar-refractivity contribution is 7.89. The van der Waals surface area contributed by atoms with Gasteiger partial charge in [-0.05, 0) is 31.0 Å². The molecule has 24 heavy (non-hydrogen) atoms. The maximum atomic E-state index is 13.1. The summed E-state index contributed by atoms with van der Waals surface area (Å²) in [7, 11) is -1.65. The number of rotatable bonds is 3. The van der Waals surface area contributed by atoms with Crippen molar-refractivity contribution in [3.05, 3.63) is 42.5 Å². The summed E-state index contributed by atoms with van der Waals surface area (Å²) >= 11 is 0. The fourth-order valence-corrected chi connectivity index (χ4v) is 5.14. The molecule has 3 aromatic heterocycles. The van der Waals surface area contributed by atoms with Crippen molar-refractivity contribution in [3.8, 4) is 0 Å². The van der Waals surface area contributed by atoms with Gasteiger partial charge in [0.05, 0.1) is 0 Å². The molecule has 0 spiro atoms. The Kier molecular flexibility index (Phi) is 3.65. The van der Waals surface area contributed by atoms with Crippen LogP contribution in [0, 0.1) is 0 Å². The van der Waals surface area contributed by atoms with Gasteiger partial charge in [0, 0.05) is 55.7 Å². The minimum absolute atomic E-state index is 0.171. The fraction of sp³-hybridized carbons (Fsp3) is 0.375. The summed E-state index contributed by atoms with van der Waals surface area (Å²) in [5.74, 6) is 0.171. The van der Waals surface area contributed by atoms with Crippen LogP contribution in [0.1, 0.15) is 24.5 Å². The number of H-pyrrole nitrogens is 1. The molecule has 3 aromatic rings. The Morgan fingerprint density at radius 2 is 2.17 bits per heavy atom. The first-order valence-electron chi connectivity index (χ1n) is 7.97. The van der Waals surface area contributed by atoms with Crippen molar-refractivity contribution in [1.29, 1.82) is 0 Å². The van der Waals surface area contributed by atoms with E-state index in [0.29, 0.717) is 29.0 Å². The van der Waals surface area contributed by atoms with Crippen molar-refractivity contribution in [1.82, 2.24) is 24.1 Å². The number of nitrogens with one attached hydrogen (secondary N) is 1. The van der Waals surface area contributed by atoms with Crippen LogP contribution < -0.4 is 0 Å². The lowest BCUT2D eigenvalue weighted by atomic mass is 9.96. The van der Waals surface area contributed by atoms with E-state index in [1.807, 2.05) is 17.8 Å². The van der Waals surface area contributed by atoms with Crippen LogP contribution >= 0.6 is 0 Å². The molecular formula is C16H19N5O2S. The number of fused-ring (bicyclic) bond motifs is 1. The number of sulfonamides is 1. The number of hydrogen-bond donors (Lipinski definition) is 1. The SMILES string of the molecule is Cn1nccc1C1CCCN(S(=O)(=O)c2c[nH]c3ncccc23)C1. The number of piperidine rings is 1. The lowest BCUT2D eigenvalue weighted by Gasteiger charge is -2.31. The van der Waals surface area contributed by atoms with Crippen LogP contribution in [0.4, 0.5) is 0 Å². The summed E-state index contributed by atoms with van der Waals surface area (Å²) in [6, 6.07) is 5.51. The highest BCUT2D eigenvalue weighted by atomic mass is 32.2. The molecule has 1 aliphatic rings. The molecule has 0 saturated carbocycles. The molecule has 0 bridgehead atoms. The van der Waals surface area contributed by atoms with E-state index in [2.05, 4.69) is 15.1 Å². The highest BCUT2D eigenvalue weighted by Gasteiger charge is 2.33. The topological polar surface area (TPSA) is 83.9 Å². The summed E-state index contributed by atoms with van der Waals surface area (Å²) in [5.41, 5.74) is 1.67. The Hall–Kier alpha value is -2.19. The summed E-state index contributed by atoms with van der Waals surface area (Å²) in [6.45, 7) is 1.03. The lowest BCUT2D eigenvalue weighted by Crippen LogP contribution is -2.39. The second kappa shape index (κ2) is 5.71. The molecule has 0 aromatic carbocycles. The number of aromatic nitrogens is 4. The molecule has 8 heteroatoms. The Bertz CT molecular complexity index is 975. The van der Waals surface area contributed by atoms with E-state index >= 15 is 0 Å². The van der Waals surface area contributed by atoms with Gasteiger partial charge in [-0.15, -0.1) is 0 Å². The van der Waals surface area contributed by atoms with Gasteiger partial charge < -0.3 is 4.98 Å². The smallest absolute Gasteiger partial charge is 0.245 e. The fourth-order valence-electron chi connectivity index (χ4n) is 3.47. The van der Waals surface area contributed by atoms with E-state index in [9.17, 15) is 8.42 Å². The number of aryl methyl sites for hydroxylation is 1. The van der Waals surface area contributed by atoms with Crippen molar-refractivity contribution in [2.45, 2.75) is 23.7 Å². The van der Waals surface area contributed by atoms with Gasteiger partial charge in [0.25, 0.3) is 0 Å². The lowest BCUT2D eigenvalue weighted by molar-refractivity contribution is 0.308. The molecule has 0 aliphatic carbocycles. The van der Waals surface area contributed by atoms with Crippen LogP contribution in [-0.2, 0) is 17.1 Å². The number of pyridine rings is 1. The summed E-state index contributed by atoms with van der Waals surface area (Å²) in [5, 5.41) is 4.84. The third kappa shape index (κ3) is 2.42. The van der Waals surface area contributed by atoms with Crippen molar-refractivity contribution >= 4 is 21.1 Å². The van der Waals surface area contributed by atoms with E-state index < -0.39 is 10.0 Å². The van der Waals surface area contributed by atoms with Crippen LogP contribution in [0.25, 0.3) is 11.0 Å². The maximum absolute atomic E-state index is 13.1. The molecule has 1 saturated heterocycles. The van der Waals surface area contributed by atoms with Crippen molar-refractivity contribution < 1.29 is 8.42 Å². The van der Waals surface area contributed by atoms with Gasteiger partial charge in [0.2, 0.25) is 10.0 Å².